The summed E-state index contributed by atoms with van der Waals surface area (Å²) in [6, 6.07) is 0. The zero-order valence-corrected chi connectivity index (χ0v) is 16.2. The largest absolute Gasteiger partial charge is 0.350 e. The van der Waals surface area contributed by atoms with Crippen LogP contribution in [0, 0.1) is 6.92 Å². The van der Waals surface area contributed by atoms with E-state index in [-0.39, 0.29) is 36.4 Å². The van der Waals surface area contributed by atoms with E-state index >= 15 is 0 Å². The van der Waals surface area contributed by atoms with Crippen LogP contribution in [-0.2, 0) is 11.3 Å². The molecule has 0 aromatic carbocycles. The number of amides is 1. The lowest BCUT2D eigenvalue weighted by Crippen LogP contribution is -2.45. The van der Waals surface area contributed by atoms with Crippen molar-refractivity contribution in [3.05, 3.63) is 16.1 Å². The first-order chi connectivity index (χ1) is 10.2. The smallest absolute Gasteiger partial charge is 0.241 e. The van der Waals surface area contributed by atoms with Crippen molar-refractivity contribution in [3.8, 4) is 0 Å². The molecule has 0 bridgehead atoms. The summed E-state index contributed by atoms with van der Waals surface area (Å²) in [5, 5.41) is 9.27. The number of hydrogen-bond acceptors (Lipinski definition) is 4. The molecule has 1 saturated heterocycles. The monoisotopic (exact) mass is 437 g/mol. The molecule has 1 aromatic heterocycles. The molecular formula is C14H24IN5OS. The molecule has 0 radical (unpaired) electrons. The van der Waals surface area contributed by atoms with Crippen molar-refractivity contribution in [1.82, 2.24) is 20.5 Å². The number of carbonyl (C=O) groups excluding carboxylic acids is 1. The van der Waals surface area contributed by atoms with Crippen LogP contribution in [0.5, 0.6) is 0 Å². The first kappa shape index (κ1) is 19.1. The van der Waals surface area contributed by atoms with Crippen LogP contribution in [0.4, 0.5) is 0 Å². The van der Waals surface area contributed by atoms with Crippen LogP contribution in [0.3, 0.4) is 0 Å². The number of halogens is 1. The number of rotatable bonds is 4. The van der Waals surface area contributed by atoms with E-state index < -0.39 is 0 Å². The molecule has 0 unspecified atom stereocenters. The molecule has 1 fully saturated rings. The summed E-state index contributed by atoms with van der Waals surface area (Å²) in [5.41, 5.74) is 1.03. The number of aliphatic imine (C=N–C) groups is 1. The average molecular weight is 437 g/mol. The number of hydrogen-bond donors (Lipinski definition) is 2. The molecule has 8 heteroatoms. The van der Waals surface area contributed by atoms with Crippen molar-refractivity contribution in [2.75, 3.05) is 26.7 Å². The summed E-state index contributed by atoms with van der Waals surface area (Å²) in [5.74, 6) is 0.774. The van der Waals surface area contributed by atoms with Crippen LogP contribution in [0.15, 0.2) is 10.4 Å². The van der Waals surface area contributed by atoms with Gasteiger partial charge in [-0.25, -0.2) is 4.98 Å². The zero-order chi connectivity index (χ0) is 15.1. The second-order valence-corrected chi connectivity index (χ2v) is 6.05. The number of carbonyl (C=O) groups is 1. The van der Waals surface area contributed by atoms with Crippen LogP contribution in [-0.4, -0.2) is 48.4 Å². The molecule has 124 valence electrons. The van der Waals surface area contributed by atoms with Crippen molar-refractivity contribution < 1.29 is 4.79 Å². The SMILES string of the molecule is CN=C(NCC(=O)N1CCCCC1)NCc1nc(C)cs1.I. The van der Waals surface area contributed by atoms with Crippen molar-refractivity contribution in [3.63, 3.8) is 0 Å². The lowest BCUT2D eigenvalue weighted by Gasteiger charge is -2.27. The Balaban J connectivity index is 0.00000242. The van der Waals surface area contributed by atoms with Gasteiger partial charge in [-0.05, 0) is 26.2 Å². The molecule has 2 rings (SSSR count). The lowest BCUT2D eigenvalue weighted by atomic mass is 10.1. The molecule has 0 aliphatic carbocycles. The van der Waals surface area contributed by atoms with Crippen LogP contribution in [0.2, 0.25) is 0 Å². The van der Waals surface area contributed by atoms with Gasteiger partial charge >= 0.3 is 0 Å². The normalized spacial score (nSPS) is 15.2. The van der Waals surface area contributed by atoms with E-state index in [1.807, 2.05) is 17.2 Å². The van der Waals surface area contributed by atoms with Gasteiger partial charge in [0, 0.05) is 31.2 Å². The zero-order valence-electron chi connectivity index (χ0n) is 13.1. The Morgan fingerprint density at radius 1 is 1.36 bits per heavy atom. The Morgan fingerprint density at radius 2 is 2.09 bits per heavy atom. The van der Waals surface area contributed by atoms with Gasteiger partial charge < -0.3 is 15.5 Å². The van der Waals surface area contributed by atoms with Crippen LogP contribution < -0.4 is 10.6 Å². The lowest BCUT2D eigenvalue weighted by molar-refractivity contribution is -0.130. The summed E-state index contributed by atoms with van der Waals surface area (Å²) >= 11 is 1.62. The van der Waals surface area contributed by atoms with Crippen molar-refractivity contribution >= 4 is 47.2 Å². The number of guanidine groups is 1. The third-order valence-electron chi connectivity index (χ3n) is 3.41. The van der Waals surface area contributed by atoms with Gasteiger partial charge in [-0.2, -0.15) is 0 Å². The molecule has 1 aliphatic heterocycles. The Kier molecular flexibility index (Phi) is 8.69. The topological polar surface area (TPSA) is 69.6 Å². The average Bonchev–Trinajstić information content (AvgIpc) is 2.93. The third-order valence-corrected chi connectivity index (χ3v) is 4.38. The van der Waals surface area contributed by atoms with Crippen molar-refractivity contribution in [2.24, 2.45) is 4.99 Å². The molecule has 0 spiro atoms. The summed E-state index contributed by atoms with van der Waals surface area (Å²) in [6.45, 7) is 4.65. The summed E-state index contributed by atoms with van der Waals surface area (Å²) in [4.78, 5) is 22.5. The number of likely N-dealkylation sites (tertiary alicyclic amines) is 1. The third kappa shape index (κ3) is 6.07. The van der Waals surface area contributed by atoms with E-state index in [9.17, 15) is 4.79 Å². The predicted octanol–water partition coefficient (Wildman–Crippen LogP) is 1.75. The van der Waals surface area contributed by atoms with E-state index in [4.69, 9.17) is 0 Å². The van der Waals surface area contributed by atoms with E-state index in [2.05, 4.69) is 20.6 Å². The van der Waals surface area contributed by atoms with Gasteiger partial charge in [0.25, 0.3) is 0 Å². The fourth-order valence-corrected chi connectivity index (χ4v) is 2.99. The highest BCUT2D eigenvalue weighted by Crippen LogP contribution is 2.08. The molecular weight excluding hydrogens is 413 g/mol. The first-order valence-electron chi connectivity index (χ1n) is 7.32. The molecule has 1 aromatic rings. The van der Waals surface area contributed by atoms with E-state index in [0.717, 1.165) is 36.6 Å². The molecule has 0 saturated carbocycles. The number of aromatic nitrogens is 1. The Morgan fingerprint density at radius 3 is 2.68 bits per heavy atom. The second-order valence-electron chi connectivity index (χ2n) is 5.10. The van der Waals surface area contributed by atoms with E-state index in [1.165, 1.54) is 6.42 Å². The van der Waals surface area contributed by atoms with Gasteiger partial charge in [-0.15, -0.1) is 35.3 Å². The minimum atomic E-state index is 0. The van der Waals surface area contributed by atoms with Gasteiger partial charge in [0.1, 0.15) is 5.01 Å². The molecule has 1 aliphatic rings. The molecule has 0 atom stereocenters. The number of nitrogens with zero attached hydrogens (tertiary/aromatic N) is 3. The fraction of sp³-hybridized carbons (Fsp3) is 0.643. The quantitative estimate of drug-likeness (QED) is 0.428. The number of piperidine rings is 1. The fourth-order valence-electron chi connectivity index (χ4n) is 2.28. The predicted molar refractivity (Wildman–Crippen MR) is 101 cm³/mol. The van der Waals surface area contributed by atoms with Crippen molar-refractivity contribution in [1.29, 1.82) is 0 Å². The van der Waals surface area contributed by atoms with E-state index in [0.29, 0.717) is 12.5 Å². The molecule has 1 amide bonds. The highest BCUT2D eigenvalue weighted by Gasteiger charge is 2.16. The van der Waals surface area contributed by atoms with Gasteiger partial charge in [0.15, 0.2) is 5.96 Å². The molecule has 2 N–H and O–H groups in total. The molecule has 22 heavy (non-hydrogen) atoms. The van der Waals surface area contributed by atoms with Gasteiger partial charge in [0.2, 0.25) is 5.91 Å². The minimum Gasteiger partial charge on any atom is -0.350 e. The maximum Gasteiger partial charge on any atom is 0.241 e. The summed E-state index contributed by atoms with van der Waals surface area (Å²) in [6.07, 6.45) is 3.46. The molecule has 6 nitrogen and oxygen atoms in total. The van der Waals surface area contributed by atoms with Crippen molar-refractivity contribution in [2.45, 2.75) is 32.7 Å². The number of nitrogens with one attached hydrogen (secondary N) is 2. The highest BCUT2D eigenvalue weighted by atomic mass is 127. The van der Waals surface area contributed by atoms with Gasteiger partial charge in [-0.1, -0.05) is 0 Å². The van der Waals surface area contributed by atoms with Crippen LogP contribution in [0.25, 0.3) is 0 Å². The van der Waals surface area contributed by atoms with Gasteiger partial charge in [-0.3, -0.25) is 9.79 Å². The second kappa shape index (κ2) is 9.98. The summed E-state index contributed by atoms with van der Waals surface area (Å²) < 4.78 is 0. The van der Waals surface area contributed by atoms with Gasteiger partial charge in [0.05, 0.1) is 13.1 Å². The minimum absolute atomic E-state index is 0. The maximum absolute atomic E-state index is 12.1. The standard InChI is InChI=1S/C14H23N5OS.HI/c1-11-10-21-12(18-11)8-16-14(15-2)17-9-13(20)19-6-4-3-5-7-19;/h10H,3-9H2,1-2H3,(H2,15,16,17);1H. The summed E-state index contributed by atoms with van der Waals surface area (Å²) in [7, 11) is 1.70. The highest BCUT2D eigenvalue weighted by molar-refractivity contribution is 14.0. The van der Waals surface area contributed by atoms with Crippen LogP contribution >= 0.6 is 35.3 Å². The number of aryl methyl sites for hydroxylation is 1. The number of thiazole rings is 1. The molecule has 2 heterocycles. The Bertz CT molecular complexity index is 499. The Hall–Kier alpha value is -0.900. The Labute approximate surface area is 152 Å². The van der Waals surface area contributed by atoms with E-state index in [1.54, 1.807) is 18.4 Å². The maximum atomic E-state index is 12.1. The first-order valence-corrected chi connectivity index (χ1v) is 8.20. The van der Waals surface area contributed by atoms with Crippen LogP contribution in [0.1, 0.15) is 30.0 Å².